The van der Waals surface area contributed by atoms with Gasteiger partial charge >= 0.3 is 0 Å². The molecule has 0 radical (unpaired) electrons. The van der Waals surface area contributed by atoms with E-state index in [0.717, 1.165) is 37.1 Å². The van der Waals surface area contributed by atoms with Crippen molar-refractivity contribution in [1.82, 2.24) is 9.88 Å². The third-order valence-corrected chi connectivity index (χ3v) is 5.60. The molecule has 2 N–H and O–H groups in total. The van der Waals surface area contributed by atoms with Gasteiger partial charge in [-0.15, -0.1) is 11.3 Å². The van der Waals surface area contributed by atoms with Gasteiger partial charge in [-0.05, 0) is 39.0 Å². The second-order valence-corrected chi connectivity index (χ2v) is 7.20. The molecule has 3 rings (SSSR count). The van der Waals surface area contributed by atoms with Crippen molar-refractivity contribution in [3.8, 4) is 0 Å². The van der Waals surface area contributed by atoms with Crippen LogP contribution in [0.3, 0.4) is 0 Å². The molecule has 1 aliphatic carbocycles. The highest BCUT2D eigenvalue weighted by atomic mass is 32.1. The lowest BCUT2D eigenvalue weighted by Crippen LogP contribution is -2.40. The molecule has 6 heteroatoms. The van der Waals surface area contributed by atoms with Crippen LogP contribution in [0.4, 0.5) is 0 Å². The van der Waals surface area contributed by atoms with Crippen molar-refractivity contribution < 1.29 is 9.53 Å². The van der Waals surface area contributed by atoms with Crippen LogP contribution in [-0.4, -0.2) is 41.6 Å². The molecule has 1 aromatic heterocycles. The number of ether oxygens (including phenoxy) is 1. The van der Waals surface area contributed by atoms with Crippen molar-refractivity contribution in [3.63, 3.8) is 0 Å². The lowest BCUT2D eigenvalue weighted by Gasteiger charge is -2.32. The van der Waals surface area contributed by atoms with Gasteiger partial charge in [0.15, 0.2) is 0 Å². The molecule has 3 atom stereocenters. The second-order valence-electron chi connectivity index (χ2n) is 5.96. The molecule has 2 heterocycles. The molecule has 21 heavy (non-hydrogen) atoms. The zero-order chi connectivity index (χ0) is 15.0. The van der Waals surface area contributed by atoms with Crippen LogP contribution in [0.1, 0.15) is 47.3 Å². The number of amides is 1. The highest BCUT2D eigenvalue weighted by molar-refractivity contribution is 7.11. The van der Waals surface area contributed by atoms with E-state index in [4.69, 9.17) is 10.5 Å². The molecule has 1 unspecified atom stereocenters. The van der Waals surface area contributed by atoms with Crippen molar-refractivity contribution in [3.05, 3.63) is 15.6 Å². The van der Waals surface area contributed by atoms with Crippen LogP contribution < -0.4 is 5.73 Å². The maximum Gasteiger partial charge on any atom is 0.251 e. The highest BCUT2D eigenvalue weighted by Gasteiger charge is 2.36. The molecule has 1 aromatic rings. The first-order valence-electron chi connectivity index (χ1n) is 7.68. The fourth-order valence-corrected chi connectivity index (χ4v) is 4.48. The van der Waals surface area contributed by atoms with Gasteiger partial charge in [-0.2, -0.15) is 0 Å². The molecule has 1 fully saturated rings. The maximum absolute atomic E-state index is 12.7. The Morgan fingerprint density at radius 3 is 3.00 bits per heavy atom. The minimum absolute atomic E-state index is 0.0416. The van der Waals surface area contributed by atoms with Crippen LogP contribution in [0, 0.1) is 6.92 Å². The Bertz CT molecular complexity index is 531. The molecular formula is C15H23N3O2S. The van der Waals surface area contributed by atoms with Crippen LogP contribution in [0.5, 0.6) is 0 Å². The number of nitrogens with two attached hydrogens (primary N) is 1. The first kappa shape index (κ1) is 14.9. The average molecular weight is 309 g/mol. The fraction of sp³-hybridized carbons (Fsp3) is 0.733. The number of hydrogen-bond donors (Lipinski definition) is 1. The molecule has 0 aromatic carbocycles. The Morgan fingerprint density at radius 1 is 1.48 bits per heavy atom. The number of fused-ring (bicyclic) bond motifs is 1. The number of nitrogens with zero attached hydrogens (tertiary/aromatic N) is 2. The van der Waals surface area contributed by atoms with E-state index in [9.17, 15) is 4.79 Å². The van der Waals surface area contributed by atoms with Crippen LogP contribution in [0.2, 0.25) is 0 Å². The summed E-state index contributed by atoms with van der Waals surface area (Å²) in [5.41, 5.74) is 6.81. The summed E-state index contributed by atoms with van der Waals surface area (Å²) in [5, 5.41) is 1.09. The number of hydrogen-bond acceptors (Lipinski definition) is 5. The van der Waals surface area contributed by atoms with Gasteiger partial charge in [0, 0.05) is 13.6 Å². The first-order valence-corrected chi connectivity index (χ1v) is 8.50. The van der Waals surface area contributed by atoms with Gasteiger partial charge in [0.05, 0.1) is 27.7 Å². The number of aryl methyl sites for hydroxylation is 2. The number of aromatic nitrogens is 1. The topological polar surface area (TPSA) is 68.5 Å². The molecule has 2 aliphatic rings. The summed E-state index contributed by atoms with van der Waals surface area (Å²) in [6.45, 7) is 2.53. The average Bonchev–Trinajstić information content (AvgIpc) is 3.10. The van der Waals surface area contributed by atoms with E-state index in [2.05, 4.69) is 4.98 Å². The van der Waals surface area contributed by atoms with Gasteiger partial charge in [-0.3, -0.25) is 4.79 Å². The second kappa shape index (κ2) is 6.02. The molecule has 0 bridgehead atoms. The van der Waals surface area contributed by atoms with E-state index in [0.29, 0.717) is 6.54 Å². The summed E-state index contributed by atoms with van der Waals surface area (Å²) >= 11 is 1.73. The minimum atomic E-state index is -0.317. The summed E-state index contributed by atoms with van der Waals surface area (Å²) in [5.74, 6) is 0.0925. The first-order chi connectivity index (χ1) is 10.1. The number of rotatable bonds is 3. The molecular weight excluding hydrogens is 286 g/mol. The zero-order valence-electron chi connectivity index (χ0n) is 12.7. The van der Waals surface area contributed by atoms with Gasteiger partial charge in [0.2, 0.25) is 0 Å². The van der Waals surface area contributed by atoms with Gasteiger partial charge in [-0.1, -0.05) is 0 Å². The van der Waals surface area contributed by atoms with Crippen LogP contribution in [0.15, 0.2) is 0 Å². The van der Waals surface area contributed by atoms with Gasteiger partial charge in [0.1, 0.15) is 6.10 Å². The van der Waals surface area contributed by atoms with E-state index >= 15 is 0 Å². The Hall–Kier alpha value is -0.980. The van der Waals surface area contributed by atoms with E-state index < -0.39 is 0 Å². The predicted octanol–water partition coefficient (Wildman–Crippen LogP) is 1.79. The van der Waals surface area contributed by atoms with E-state index in [-0.39, 0.29) is 24.2 Å². The molecule has 1 aliphatic heterocycles. The molecule has 5 nitrogen and oxygen atoms in total. The molecule has 0 saturated carbocycles. The summed E-state index contributed by atoms with van der Waals surface area (Å²) in [4.78, 5) is 20.4. The Balaban J connectivity index is 1.73. The third kappa shape index (κ3) is 2.84. The minimum Gasteiger partial charge on any atom is -0.364 e. The quantitative estimate of drug-likeness (QED) is 0.924. The van der Waals surface area contributed by atoms with E-state index in [1.165, 1.54) is 10.6 Å². The number of likely N-dealkylation sites (N-methyl/N-ethyl adjacent to an activating group) is 1. The largest absolute Gasteiger partial charge is 0.364 e. The molecule has 1 saturated heterocycles. The monoisotopic (exact) mass is 309 g/mol. The van der Waals surface area contributed by atoms with Crippen LogP contribution in [-0.2, 0) is 16.0 Å². The lowest BCUT2D eigenvalue weighted by molar-refractivity contribution is -0.143. The van der Waals surface area contributed by atoms with E-state index in [1.54, 1.807) is 11.3 Å². The van der Waals surface area contributed by atoms with Gasteiger partial charge < -0.3 is 15.4 Å². The SMILES string of the molecule is Cc1nc2c(s1)C(N(C)C(=O)[C@@H]1CC[C@H](CN)O1)CCC2. The van der Waals surface area contributed by atoms with Crippen molar-refractivity contribution in [1.29, 1.82) is 0 Å². The molecule has 1 amide bonds. The van der Waals surface area contributed by atoms with E-state index in [1.807, 2.05) is 18.9 Å². The number of thiazole rings is 1. The summed E-state index contributed by atoms with van der Waals surface area (Å²) < 4.78 is 5.75. The van der Waals surface area contributed by atoms with Crippen LogP contribution in [0.25, 0.3) is 0 Å². The third-order valence-electron chi connectivity index (χ3n) is 4.49. The highest BCUT2D eigenvalue weighted by Crippen LogP contribution is 2.38. The Morgan fingerprint density at radius 2 is 2.29 bits per heavy atom. The molecule has 116 valence electrons. The predicted molar refractivity (Wildman–Crippen MR) is 82.2 cm³/mol. The van der Waals surface area contributed by atoms with Crippen molar-refractivity contribution >= 4 is 17.2 Å². The lowest BCUT2D eigenvalue weighted by atomic mass is 9.96. The maximum atomic E-state index is 12.7. The van der Waals surface area contributed by atoms with Gasteiger partial charge in [-0.25, -0.2) is 4.98 Å². The van der Waals surface area contributed by atoms with Gasteiger partial charge in [0.25, 0.3) is 5.91 Å². The fourth-order valence-electron chi connectivity index (χ4n) is 3.33. The Labute approximate surface area is 129 Å². The molecule has 0 spiro atoms. The summed E-state index contributed by atoms with van der Waals surface area (Å²) in [7, 11) is 1.90. The summed E-state index contributed by atoms with van der Waals surface area (Å²) in [6.07, 6.45) is 4.54. The standard InChI is InChI=1S/C15H23N3O2S/c1-9-17-11-4-3-5-12(14(11)21-9)18(2)15(19)13-7-6-10(8-16)20-13/h10,12-13H,3-8,16H2,1-2H3/t10-,12?,13+/m1/s1. The van der Waals surface area contributed by atoms with Crippen molar-refractivity contribution in [2.75, 3.05) is 13.6 Å². The number of carbonyl (C=O) groups is 1. The summed E-state index contributed by atoms with van der Waals surface area (Å²) in [6, 6.07) is 0.160. The van der Waals surface area contributed by atoms with Crippen molar-refractivity contribution in [2.24, 2.45) is 5.73 Å². The normalized spacial score (nSPS) is 28.4. The van der Waals surface area contributed by atoms with Crippen LogP contribution >= 0.6 is 11.3 Å². The number of carbonyl (C=O) groups excluding carboxylic acids is 1. The zero-order valence-corrected chi connectivity index (χ0v) is 13.5. The van der Waals surface area contributed by atoms with Crippen molar-refractivity contribution in [2.45, 2.75) is 57.3 Å². The Kier molecular flexibility index (Phi) is 4.28. The smallest absolute Gasteiger partial charge is 0.251 e.